The van der Waals surface area contributed by atoms with Gasteiger partial charge < -0.3 is 10.2 Å². The number of sulfone groups is 1. The summed E-state index contributed by atoms with van der Waals surface area (Å²) in [6, 6.07) is 9.98. The molecule has 3 aliphatic rings. The van der Waals surface area contributed by atoms with Crippen LogP contribution in [0.5, 0.6) is 0 Å². The first-order chi connectivity index (χ1) is 11.5. The van der Waals surface area contributed by atoms with Gasteiger partial charge in [0.05, 0.1) is 17.0 Å². The SMILES string of the molecule is O=C(N[C@@H]1CCS(=O)(=O)C1)N1C[C@H]2CCCC[C@@]21c1ccccc1. The van der Waals surface area contributed by atoms with Crippen LogP contribution in [0.1, 0.15) is 37.7 Å². The van der Waals surface area contributed by atoms with Crippen molar-refractivity contribution < 1.29 is 13.2 Å². The van der Waals surface area contributed by atoms with Crippen molar-refractivity contribution in [2.24, 2.45) is 5.92 Å². The molecule has 24 heavy (non-hydrogen) atoms. The van der Waals surface area contributed by atoms with Crippen LogP contribution < -0.4 is 5.32 Å². The number of amides is 2. The van der Waals surface area contributed by atoms with E-state index in [1.54, 1.807) is 0 Å². The molecule has 0 bridgehead atoms. The van der Waals surface area contributed by atoms with Crippen molar-refractivity contribution in [3.63, 3.8) is 0 Å². The maximum atomic E-state index is 12.8. The van der Waals surface area contributed by atoms with Crippen LogP contribution in [0.3, 0.4) is 0 Å². The van der Waals surface area contributed by atoms with Gasteiger partial charge in [-0.25, -0.2) is 13.2 Å². The Hall–Kier alpha value is -1.56. The van der Waals surface area contributed by atoms with Gasteiger partial charge in [0, 0.05) is 18.5 Å². The van der Waals surface area contributed by atoms with Crippen LogP contribution in [0.15, 0.2) is 30.3 Å². The normalized spacial score (nSPS) is 34.2. The third-order valence-electron chi connectivity index (χ3n) is 6.00. The summed E-state index contributed by atoms with van der Waals surface area (Å²) in [6.45, 7) is 0.778. The van der Waals surface area contributed by atoms with Crippen molar-refractivity contribution in [3.05, 3.63) is 35.9 Å². The fourth-order valence-electron chi connectivity index (χ4n) is 4.78. The highest BCUT2D eigenvalue weighted by Gasteiger charge is 2.57. The van der Waals surface area contributed by atoms with Crippen LogP contribution >= 0.6 is 0 Å². The monoisotopic (exact) mass is 348 g/mol. The number of nitrogens with one attached hydrogen (secondary N) is 1. The second kappa shape index (κ2) is 5.76. The Morgan fingerprint density at radius 3 is 2.62 bits per heavy atom. The van der Waals surface area contributed by atoms with E-state index in [2.05, 4.69) is 17.4 Å². The lowest BCUT2D eigenvalue weighted by Crippen LogP contribution is -2.69. The number of hydrogen-bond acceptors (Lipinski definition) is 3. The topological polar surface area (TPSA) is 66.5 Å². The zero-order valence-electron chi connectivity index (χ0n) is 13.8. The van der Waals surface area contributed by atoms with Crippen molar-refractivity contribution in [2.75, 3.05) is 18.1 Å². The standard InChI is InChI=1S/C18H24N2O3S/c21-17(19-16-9-11-24(22,23)13-16)20-12-15-8-4-5-10-18(15,20)14-6-2-1-3-7-14/h1-3,6-7,15-16H,4-5,8-13H2,(H,19,21)/t15-,16-,18-/m1/s1. The Labute approximate surface area is 143 Å². The highest BCUT2D eigenvalue weighted by Crippen LogP contribution is 2.53. The molecule has 1 N–H and O–H groups in total. The summed E-state index contributed by atoms with van der Waals surface area (Å²) in [7, 11) is -2.98. The van der Waals surface area contributed by atoms with E-state index in [-0.39, 0.29) is 29.1 Å². The summed E-state index contributed by atoms with van der Waals surface area (Å²) in [6.07, 6.45) is 5.06. The highest BCUT2D eigenvalue weighted by atomic mass is 32.2. The second-order valence-electron chi connectivity index (χ2n) is 7.39. The number of nitrogens with zero attached hydrogens (tertiary/aromatic N) is 1. The molecule has 1 aromatic carbocycles. The molecule has 2 amide bonds. The van der Waals surface area contributed by atoms with Crippen LogP contribution in [-0.4, -0.2) is 43.4 Å². The fraction of sp³-hybridized carbons (Fsp3) is 0.611. The summed E-state index contributed by atoms with van der Waals surface area (Å²) in [5, 5.41) is 2.97. The van der Waals surface area contributed by atoms with E-state index in [9.17, 15) is 13.2 Å². The zero-order chi connectivity index (χ0) is 16.8. The average molecular weight is 348 g/mol. The molecule has 3 atom stereocenters. The second-order valence-corrected chi connectivity index (χ2v) is 9.62. The Morgan fingerprint density at radius 2 is 1.96 bits per heavy atom. The fourth-order valence-corrected chi connectivity index (χ4v) is 6.46. The molecule has 5 nitrogen and oxygen atoms in total. The zero-order valence-corrected chi connectivity index (χ0v) is 14.6. The van der Waals surface area contributed by atoms with Crippen LogP contribution in [0.25, 0.3) is 0 Å². The van der Waals surface area contributed by atoms with Crippen molar-refractivity contribution in [3.8, 4) is 0 Å². The summed E-state index contributed by atoms with van der Waals surface area (Å²) >= 11 is 0. The third-order valence-corrected chi connectivity index (χ3v) is 7.77. The van der Waals surface area contributed by atoms with Gasteiger partial charge in [-0.05, 0) is 24.8 Å². The van der Waals surface area contributed by atoms with Gasteiger partial charge in [-0.15, -0.1) is 0 Å². The molecule has 0 aromatic heterocycles. The molecule has 6 heteroatoms. The average Bonchev–Trinajstić information content (AvgIpc) is 2.88. The smallest absolute Gasteiger partial charge is 0.318 e. The molecular weight excluding hydrogens is 324 g/mol. The van der Waals surface area contributed by atoms with E-state index in [4.69, 9.17) is 0 Å². The molecule has 2 aliphatic heterocycles. The third kappa shape index (κ3) is 2.51. The van der Waals surface area contributed by atoms with Gasteiger partial charge in [-0.1, -0.05) is 43.2 Å². The first-order valence-corrected chi connectivity index (χ1v) is 10.7. The number of rotatable bonds is 2. The molecule has 130 valence electrons. The first kappa shape index (κ1) is 15.9. The maximum absolute atomic E-state index is 12.8. The molecule has 0 spiro atoms. The summed E-state index contributed by atoms with van der Waals surface area (Å²) < 4.78 is 23.2. The van der Waals surface area contributed by atoms with Gasteiger partial charge in [0.2, 0.25) is 0 Å². The molecule has 4 rings (SSSR count). The minimum Gasteiger partial charge on any atom is -0.334 e. The maximum Gasteiger partial charge on any atom is 0.318 e. The van der Waals surface area contributed by atoms with Crippen LogP contribution in [-0.2, 0) is 15.4 Å². The van der Waals surface area contributed by atoms with Crippen molar-refractivity contribution in [1.29, 1.82) is 0 Å². The lowest BCUT2D eigenvalue weighted by atomic mass is 9.62. The molecule has 3 fully saturated rings. The largest absolute Gasteiger partial charge is 0.334 e. The number of urea groups is 1. The predicted molar refractivity (Wildman–Crippen MR) is 92.4 cm³/mol. The van der Waals surface area contributed by atoms with E-state index in [1.807, 2.05) is 23.1 Å². The molecule has 2 saturated heterocycles. The van der Waals surface area contributed by atoms with Crippen molar-refractivity contribution in [1.82, 2.24) is 10.2 Å². The molecule has 2 heterocycles. The summed E-state index contributed by atoms with van der Waals surface area (Å²) in [5.74, 6) is 0.783. The first-order valence-electron chi connectivity index (χ1n) is 8.85. The number of fused-ring (bicyclic) bond motifs is 1. The van der Waals surface area contributed by atoms with E-state index >= 15 is 0 Å². The van der Waals surface area contributed by atoms with Gasteiger partial charge >= 0.3 is 6.03 Å². The minimum atomic E-state index is -2.98. The molecule has 1 aromatic rings. The molecule has 0 radical (unpaired) electrons. The predicted octanol–water partition coefficient (Wildman–Crippen LogP) is 2.28. The van der Waals surface area contributed by atoms with Crippen LogP contribution in [0.2, 0.25) is 0 Å². The van der Waals surface area contributed by atoms with E-state index < -0.39 is 9.84 Å². The lowest BCUT2D eigenvalue weighted by Gasteiger charge is -2.61. The van der Waals surface area contributed by atoms with Crippen molar-refractivity contribution >= 4 is 15.9 Å². The Morgan fingerprint density at radius 1 is 1.17 bits per heavy atom. The summed E-state index contributed by atoms with van der Waals surface area (Å²) in [5.41, 5.74) is 1.02. The van der Waals surface area contributed by atoms with Gasteiger partial charge in [0.1, 0.15) is 0 Å². The van der Waals surface area contributed by atoms with Gasteiger partial charge in [0.15, 0.2) is 9.84 Å². The number of benzene rings is 1. The highest BCUT2D eigenvalue weighted by molar-refractivity contribution is 7.91. The molecular formula is C18H24N2O3S. The minimum absolute atomic E-state index is 0.0777. The lowest BCUT2D eigenvalue weighted by molar-refractivity contribution is -0.0797. The molecule has 1 aliphatic carbocycles. The van der Waals surface area contributed by atoms with E-state index in [0.717, 1.165) is 25.8 Å². The summed E-state index contributed by atoms with van der Waals surface area (Å²) in [4.78, 5) is 14.8. The molecule has 1 saturated carbocycles. The van der Waals surface area contributed by atoms with Crippen molar-refractivity contribution in [2.45, 2.75) is 43.7 Å². The number of carbonyl (C=O) groups is 1. The van der Waals surface area contributed by atoms with E-state index in [0.29, 0.717) is 12.3 Å². The van der Waals surface area contributed by atoms with Crippen LogP contribution in [0.4, 0.5) is 4.79 Å². The van der Waals surface area contributed by atoms with E-state index in [1.165, 1.54) is 12.0 Å². The molecule has 0 unspecified atom stereocenters. The quantitative estimate of drug-likeness (QED) is 0.892. The number of likely N-dealkylation sites (tertiary alicyclic amines) is 1. The Bertz CT molecular complexity index is 734. The van der Waals surface area contributed by atoms with Gasteiger partial charge in [-0.3, -0.25) is 0 Å². The Balaban J connectivity index is 1.55. The number of hydrogen-bond donors (Lipinski definition) is 1. The van der Waals surface area contributed by atoms with Gasteiger partial charge in [0.25, 0.3) is 0 Å². The van der Waals surface area contributed by atoms with Crippen LogP contribution in [0, 0.1) is 5.92 Å². The Kier molecular flexibility index (Phi) is 3.82. The number of carbonyl (C=O) groups excluding carboxylic acids is 1. The van der Waals surface area contributed by atoms with Gasteiger partial charge in [-0.2, -0.15) is 0 Å².